The van der Waals surface area contributed by atoms with Crippen molar-refractivity contribution in [2.24, 2.45) is 0 Å². The first-order chi connectivity index (χ1) is 15.8. The lowest BCUT2D eigenvalue weighted by Gasteiger charge is -2.37. The highest BCUT2D eigenvalue weighted by atomic mass is 32.2. The molecule has 1 fully saturated rings. The van der Waals surface area contributed by atoms with Crippen LogP contribution in [-0.4, -0.2) is 46.9 Å². The van der Waals surface area contributed by atoms with E-state index in [-0.39, 0.29) is 18.1 Å². The molecule has 1 amide bonds. The first-order valence-corrected chi connectivity index (χ1v) is 13.5. The van der Waals surface area contributed by atoms with Crippen LogP contribution in [0.25, 0.3) is 0 Å². The number of rotatable bonds is 7. The average molecular weight is 485 g/mol. The average Bonchev–Trinajstić information content (AvgIpc) is 3.53. The summed E-state index contributed by atoms with van der Waals surface area (Å²) in [6.45, 7) is 1.59. The van der Waals surface area contributed by atoms with Gasteiger partial charge in [-0.1, -0.05) is 65.6 Å². The first kappa shape index (κ1) is 21.8. The number of thioether (sulfide) groups is 2. The van der Waals surface area contributed by atoms with Crippen LogP contribution in [0.2, 0.25) is 0 Å². The van der Waals surface area contributed by atoms with Crippen LogP contribution < -0.4 is 10.2 Å². The molecule has 0 spiro atoms. The highest BCUT2D eigenvalue weighted by Gasteiger charge is 2.32. The van der Waals surface area contributed by atoms with E-state index in [9.17, 15) is 4.79 Å². The molecule has 3 aromatic rings. The molecular weight excluding hydrogens is 460 g/mol. The van der Waals surface area contributed by atoms with Crippen molar-refractivity contribution in [3.05, 3.63) is 60.2 Å². The minimum Gasteiger partial charge on any atom is -0.376 e. The second kappa shape index (κ2) is 10.2. The SMILES string of the molecule is O=C(CSc1nnc(NC[C@@H]2CCCO2)s1)N1c2ccccc2SC[C@H]1c1ccccc1. The summed E-state index contributed by atoms with van der Waals surface area (Å²) in [5.74, 6) is 1.25. The van der Waals surface area contributed by atoms with E-state index in [2.05, 4.69) is 33.7 Å². The van der Waals surface area contributed by atoms with Crippen LogP contribution in [0.5, 0.6) is 0 Å². The van der Waals surface area contributed by atoms with Crippen molar-refractivity contribution < 1.29 is 9.53 Å². The number of benzene rings is 2. The lowest BCUT2D eigenvalue weighted by Crippen LogP contribution is -2.39. The Hall–Kier alpha value is -2.07. The summed E-state index contributed by atoms with van der Waals surface area (Å²) < 4.78 is 6.44. The van der Waals surface area contributed by atoms with E-state index in [1.165, 1.54) is 23.1 Å². The summed E-state index contributed by atoms with van der Waals surface area (Å²) in [7, 11) is 0. The van der Waals surface area contributed by atoms with Crippen LogP contribution in [0.15, 0.2) is 63.8 Å². The Bertz CT molecular complexity index is 1060. The van der Waals surface area contributed by atoms with Gasteiger partial charge in [-0.05, 0) is 30.5 Å². The third kappa shape index (κ3) is 4.96. The Labute approximate surface area is 200 Å². The van der Waals surface area contributed by atoms with E-state index >= 15 is 0 Å². The first-order valence-electron chi connectivity index (χ1n) is 10.7. The zero-order valence-electron chi connectivity index (χ0n) is 17.5. The summed E-state index contributed by atoms with van der Waals surface area (Å²) in [5.41, 5.74) is 2.14. The van der Waals surface area contributed by atoms with Crippen molar-refractivity contribution in [3.63, 3.8) is 0 Å². The highest BCUT2D eigenvalue weighted by molar-refractivity contribution is 8.01. The van der Waals surface area contributed by atoms with Gasteiger partial charge in [-0.15, -0.1) is 22.0 Å². The minimum atomic E-state index is 0.0160. The molecule has 3 heterocycles. The zero-order chi connectivity index (χ0) is 21.8. The van der Waals surface area contributed by atoms with Crippen LogP contribution >= 0.6 is 34.9 Å². The Kier molecular flexibility index (Phi) is 6.97. The van der Waals surface area contributed by atoms with Crippen LogP contribution in [0.3, 0.4) is 0 Å². The number of hydrogen-bond acceptors (Lipinski definition) is 8. The van der Waals surface area contributed by atoms with Gasteiger partial charge in [0.05, 0.1) is 23.6 Å². The molecule has 166 valence electrons. The second-order valence-electron chi connectivity index (χ2n) is 7.65. The number of carbonyl (C=O) groups is 1. The molecule has 9 heteroatoms. The standard InChI is InChI=1S/C23H24N4O2S3/c28-21(15-31-23-26-25-22(32-23)24-13-17-9-6-12-29-17)27-18-10-4-5-11-20(18)30-14-19(27)16-7-2-1-3-8-16/h1-5,7-8,10-11,17,19H,6,9,12-15H2,(H,24,25)/t17-,19-/m0/s1. The molecule has 0 saturated carbocycles. The number of carbonyl (C=O) groups excluding carboxylic acids is 1. The second-order valence-corrected chi connectivity index (χ2v) is 10.9. The van der Waals surface area contributed by atoms with Crippen molar-refractivity contribution in [3.8, 4) is 0 Å². The molecule has 0 bridgehead atoms. The predicted molar refractivity (Wildman–Crippen MR) is 132 cm³/mol. The van der Waals surface area contributed by atoms with E-state index < -0.39 is 0 Å². The topological polar surface area (TPSA) is 67.3 Å². The molecule has 2 aromatic carbocycles. The van der Waals surface area contributed by atoms with E-state index in [4.69, 9.17) is 4.74 Å². The predicted octanol–water partition coefficient (Wildman–Crippen LogP) is 5.10. The van der Waals surface area contributed by atoms with Gasteiger partial charge in [0.25, 0.3) is 0 Å². The summed E-state index contributed by atoms with van der Waals surface area (Å²) in [6.07, 6.45) is 2.46. The van der Waals surface area contributed by atoms with Gasteiger partial charge >= 0.3 is 0 Å². The lowest BCUT2D eigenvalue weighted by molar-refractivity contribution is -0.116. The Balaban J connectivity index is 1.27. The number of para-hydroxylation sites is 1. The Morgan fingerprint density at radius 3 is 2.84 bits per heavy atom. The van der Waals surface area contributed by atoms with Crippen LogP contribution in [-0.2, 0) is 9.53 Å². The van der Waals surface area contributed by atoms with Crippen molar-refractivity contribution in [1.82, 2.24) is 10.2 Å². The van der Waals surface area contributed by atoms with Gasteiger partial charge in [-0.2, -0.15) is 0 Å². The fourth-order valence-electron chi connectivity index (χ4n) is 3.96. The third-order valence-corrected chi connectivity index (χ3v) is 8.65. The summed E-state index contributed by atoms with van der Waals surface area (Å²) in [6, 6.07) is 18.4. The van der Waals surface area contributed by atoms with Crippen molar-refractivity contribution in [1.29, 1.82) is 0 Å². The number of nitrogens with one attached hydrogen (secondary N) is 1. The summed E-state index contributed by atoms with van der Waals surface area (Å²) in [4.78, 5) is 16.6. The molecule has 2 aliphatic rings. The number of nitrogens with zero attached hydrogens (tertiary/aromatic N) is 3. The van der Waals surface area contributed by atoms with E-state index in [0.29, 0.717) is 5.75 Å². The zero-order valence-corrected chi connectivity index (χ0v) is 19.9. The fourth-order valence-corrected chi connectivity index (χ4v) is 6.74. The quantitative estimate of drug-likeness (QED) is 0.468. The Morgan fingerprint density at radius 1 is 1.16 bits per heavy atom. The van der Waals surface area contributed by atoms with Gasteiger partial charge in [-0.25, -0.2) is 0 Å². The Morgan fingerprint density at radius 2 is 2.00 bits per heavy atom. The molecule has 32 heavy (non-hydrogen) atoms. The number of amides is 1. The number of hydrogen-bond donors (Lipinski definition) is 1. The molecule has 2 aliphatic heterocycles. The maximum absolute atomic E-state index is 13.4. The third-order valence-electron chi connectivity index (χ3n) is 5.52. The summed E-state index contributed by atoms with van der Waals surface area (Å²) >= 11 is 4.74. The molecule has 1 saturated heterocycles. The largest absolute Gasteiger partial charge is 0.376 e. The van der Waals surface area contributed by atoms with Gasteiger partial charge < -0.3 is 15.0 Å². The van der Waals surface area contributed by atoms with Crippen LogP contribution in [0.4, 0.5) is 10.8 Å². The molecule has 2 atom stereocenters. The van der Waals surface area contributed by atoms with E-state index in [0.717, 1.165) is 57.4 Å². The molecular formula is C23H24N4O2S3. The molecule has 5 rings (SSSR count). The van der Waals surface area contributed by atoms with E-state index in [1.807, 2.05) is 41.3 Å². The normalized spacial score (nSPS) is 20.2. The molecule has 6 nitrogen and oxygen atoms in total. The number of ether oxygens (including phenoxy) is 1. The molecule has 0 radical (unpaired) electrons. The maximum atomic E-state index is 13.4. The van der Waals surface area contributed by atoms with Crippen molar-refractivity contribution >= 4 is 51.6 Å². The van der Waals surface area contributed by atoms with Gasteiger partial charge in [0.2, 0.25) is 11.0 Å². The fraction of sp³-hybridized carbons (Fsp3) is 0.348. The van der Waals surface area contributed by atoms with Crippen molar-refractivity contribution in [2.45, 2.75) is 34.2 Å². The smallest absolute Gasteiger partial charge is 0.238 e. The molecule has 0 aliphatic carbocycles. The summed E-state index contributed by atoms with van der Waals surface area (Å²) in [5, 5.41) is 12.6. The van der Waals surface area contributed by atoms with Crippen molar-refractivity contribution in [2.75, 3.05) is 34.9 Å². The maximum Gasteiger partial charge on any atom is 0.238 e. The van der Waals surface area contributed by atoms with Crippen LogP contribution in [0, 0.1) is 0 Å². The molecule has 1 aromatic heterocycles. The molecule has 1 N–H and O–H groups in total. The van der Waals surface area contributed by atoms with Gasteiger partial charge in [0.15, 0.2) is 4.34 Å². The van der Waals surface area contributed by atoms with Gasteiger partial charge in [-0.3, -0.25) is 4.79 Å². The highest BCUT2D eigenvalue weighted by Crippen LogP contribution is 2.43. The number of fused-ring (bicyclic) bond motifs is 1. The van der Waals surface area contributed by atoms with Crippen LogP contribution in [0.1, 0.15) is 24.4 Å². The van der Waals surface area contributed by atoms with Gasteiger partial charge in [0, 0.05) is 23.8 Å². The lowest BCUT2D eigenvalue weighted by atomic mass is 10.1. The minimum absolute atomic E-state index is 0.0160. The number of anilines is 2. The van der Waals surface area contributed by atoms with E-state index in [1.54, 1.807) is 11.8 Å². The molecule has 0 unspecified atom stereocenters. The monoisotopic (exact) mass is 484 g/mol. The number of aromatic nitrogens is 2. The van der Waals surface area contributed by atoms with Gasteiger partial charge in [0.1, 0.15) is 0 Å².